The van der Waals surface area contributed by atoms with Gasteiger partial charge in [0, 0.05) is 11.3 Å². The summed E-state index contributed by atoms with van der Waals surface area (Å²) < 4.78 is 0. The zero-order valence-corrected chi connectivity index (χ0v) is 13.9. The Morgan fingerprint density at radius 1 is 0.846 bits per heavy atom. The van der Waals surface area contributed by atoms with Gasteiger partial charge in [-0.15, -0.1) is 0 Å². The van der Waals surface area contributed by atoms with E-state index in [9.17, 15) is 14.7 Å². The van der Waals surface area contributed by atoms with Gasteiger partial charge in [-0.3, -0.25) is 4.79 Å². The van der Waals surface area contributed by atoms with Crippen LogP contribution in [-0.4, -0.2) is 17.0 Å². The lowest BCUT2D eigenvalue weighted by atomic mass is 9.98. The van der Waals surface area contributed by atoms with Crippen LogP contribution in [0.1, 0.15) is 37.9 Å². The van der Waals surface area contributed by atoms with Gasteiger partial charge < -0.3 is 16.2 Å². The number of carbonyl (C=O) groups is 2. The zero-order valence-electron chi connectivity index (χ0n) is 13.9. The third-order valence-corrected chi connectivity index (χ3v) is 4.09. The average molecular weight is 346 g/mol. The molecule has 0 spiro atoms. The molecule has 0 aliphatic carbocycles. The second-order valence-electron chi connectivity index (χ2n) is 5.84. The van der Waals surface area contributed by atoms with Crippen LogP contribution in [0.15, 0.2) is 78.9 Å². The summed E-state index contributed by atoms with van der Waals surface area (Å²) in [4.78, 5) is 24.0. The molecule has 3 aromatic rings. The number of nitrogen functional groups attached to an aromatic ring is 1. The summed E-state index contributed by atoms with van der Waals surface area (Å²) in [6, 6.07) is 23.1. The molecule has 4 N–H and O–H groups in total. The Bertz CT molecular complexity index is 885. The monoisotopic (exact) mass is 346 g/mol. The number of aromatic carboxylic acids is 1. The van der Waals surface area contributed by atoms with Gasteiger partial charge in [0.25, 0.3) is 5.91 Å². The molecule has 0 unspecified atom stereocenters. The number of hydrogen-bond acceptors (Lipinski definition) is 3. The van der Waals surface area contributed by atoms with Gasteiger partial charge in [-0.2, -0.15) is 0 Å². The smallest absolute Gasteiger partial charge is 0.337 e. The normalized spacial score (nSPS) is 10.5. The standard InChI is InChI=1S/C21H18N2O3/c22-18-12-11-16(13-17(18)21(25)26)20(24)23-19(14-7-3-1-4-8-14)15-9-5-2-6-10-15/h1-13,19H,22H2,(H,23,24)(H,25,26). The zero-order chi connectivity index (χ0) is 18.5. The Balaban J connectivity index is 1.94. The van der Waals surface area contributed by atoms with E-state index in [1.807, 2.05) is 60.7 Å². The molecule has 0 saturated heterocycles. The molecule has 0 radical (unpaired) electrons. The van der Waals surface area contributed by atoms with Crippen LogP contribution in [0.3, 0.4) is 0 Å². The first-order valence-corrected chi connectivity index (χ1v) is 8.10. The van der Waals surface area contributed by atoms with E-state index in [4.69, 9.17) is 5.73 Å². The lowest BCUT2D eigenvalue weighted by molar-refractivity contribution is 0.0698. The first-order valence-electron chi connectivity index (χ1n) is 8.10. The third kappa shape index (κ3) is 3.72. The summed E-state index contributed by atoms with van der Waals surface area (Å²) in [5.74, 6) is -1.54. The fourth-order valence-electron chi connectivity index (χ4n) is 2.75. The van der Waals surface area contributed by atoms with Crippen molar-refractivity contribution >= 4 is 17.6 Å². The lowest BCUT2D eigenvalue weighted by Crippen LogP contribution is -2.29. The van der Waals surface area contributed by atoms with E-state index in [2.05, 4.69) is 5.32 Å². The molecule has 3 aromatic carbocycles. The highest BCUT2D eigenvalue weighted by Gasteiger charge is 2.19. The Morgan fingerprint density at radius 2 is 1.38 bits per heavy atom. The van der Waals surface area contributed by atoms with Crippen LogP contribution in [0.5, 0.6) is 0 Å². The predicted octanol–water partition coefficient (Wildman–Crippen LogP) is 3.49. The van der Waals surface area contributed by atoms with Crippen molar-refractivity contribution in [3.63, 3.8) is 0 Å². The second-order valence-corrected chi connectivity index (χ2v) is 5.84. The highest BCUT2D eigenvalue weighted by molar-refractivity contribution is 6.00. The number of nitrogens with one attached hydrogen (secondary N) is 1. The number of benzene rings is 3. The molecule has 0 atom stereocenters. The number of anilines is 1. The van der Waals surface area contributed by atoms with Gasteiger partial charge in [0.1, 0.15) is 0 Å². The molecule has 0 heterocycles. The van der Waals surface area contributed by atoms with Gasteiger partial charge in [0.15, 0.2) is 0 Å². The van der Waals surface area contributed by atoms with Crippen LogP contribution < -0.4 is 11.1 Å². The fourth-order valence-corrected chi connectivity index (χ4v) is 2.75. The molecule has 5 heteroatoms. The highest BCUT2D eigenvalue weighted by atomic mass is 16.4. The maximum atomic E-state index is 12.7. The summed E-state index contributed by atoms with van der Waals surface area (Å²) in [6.07, 6.45) is 0. The van der Waals surface area contributed by atoms with Crippen molar-refractivity contribution in [1.82, 2.24) is 5.32 Å². The number of carbonyl (C=O) groups excluding carboxylic acids is 1. The molecule has 5 nitrogen and oxygen atoms in total. The number of carboxylic acid groups (broad SMARTS) is 1. The lowest BCUT2D eigenvalue weighted by Gasteiger charge is -2.20. The number of carboxylic acids is 1. The van der Waals surface area contributed by atoms with E-state index >= 15 is 0 Å². The van der Waals surface area contributed by atoms with Gasteiger partial charge in [-0.1, -0.05) is 60.7 Å². The molecule has 26 heavy (non-hydrogen) atoms. The van der Waals surface area contributed by atoms with Crippen LogP contribution in [0.2, 0.25) is 0 Å². The van der Waals surface area contributed by atoms with Crippen molar-refractivity contribution in [2.45, 2.75) is 6.04 Å². The SMILES string of the molecule is Nc1ccc(C(=O)NC(c2ccccc2)c2ccccc2)cc1C(=O)O. The van der Waals surface area contributed by atoms with Crippen LogP contribution >= 0.6 is 0 Å². The third-order valence-electron chi connectivity index (χ3n) is 4.09. The summed E-state index contributed by atoms with van der Waals surface area (Å²) in [5, 5.41) is 12.2. The van der Waals surface area contributed by atoms with Gasteiger partial charge in [-0.25, -0.2) is 4.79 Å². The average Bonchev–Trinajstić information content (AvgIpc) is 2.67. The highest BCUT2D eigenvalue weighted by Crippen LogP contribution is 2.23. The van der Waals surface area contributed by atoms with Crippen molar-refractivity contribution in [1.29, 1.82) is 0 Å². The van der Waals surface area contributed by atoms with E-state index < -0.39 is 5.97 Å². The molecule has 0 aromatic heterocycles. The first kappa shape index (κ1) is 17.2. The molecular weight excluding hydrogens is 328 g/mol. The summed E-state index contributed by atoms with van der Waals surface area (Å²) in [5.41, 5.74) is 7.80. The van der Waals surface area contributed by atoms with E-state index in [0.29, 0.717) is 0 Å². The minimum absolute atomic E-state index is 0.0892. The molecule has 0 bridgehead atoms. The quantitative estimate of drug-likeness (QED) is 0.617. The van der Waals surface area contributed by atoms with E-state index in [0.717, 1.165) is 11.1 Å². The fraction of sp³-hybridized carbons (Fsp3) is 0.0476. The van der Waals surface area contributed by atoms with E-state index in [1.165, 1.54) is 18.2 Å². The Labute approximate surface area is 151 Å². The van der Waals surface area contributed by atoms with E-state index in [1.54, 1.807) is 0 Å². The number of rotatable bonds is 5. The van der Waals surface area contributed by atoms with Crippen LogP contribution in [0.4, 0.5) is 5.69 Å². The van der Waals surface area contributed by atoms with Crippen molar-refractivity contribution in [3.8, 4) is 0 Å². The van der Waals surface area contributed by atoms with Crippen LogP contribution in [0, 0.1) is 0 Å². The summed E-state index contributed by atoms with van der Waals surface area (Å²) in [7, 11) is 0. The minimum Gasteiger partial charge on any atom is -0.478 e. The molecule has 130 valence electrons. The van der Waals surface area contributed by atoms with Crippen LogP contribution in [-0.2, 0) is 0 Å². The number of amides is 1. The van der Waals surface area contributed by atoms with Crippen molar-refractivity contribution in [3.05, 3.63) is 101 Å². The minimum atomic E-state index is -1.17. The van der Waals surface area contributed by atoms with Gasteiger partial charge in [0.05, 0.1) is 11.6 Å². The van der Waals surface area contributed by atoms with Gasteiger partial charge >= 0.3 is 5.97 Å². The van der Waals surface area contributed by atoms with Crippen molar-refractivity contribution in [2.75, 3.05) is 5.73 Å². The molecule has 0 fully saturated rings. The maximum Gasteiger partial charge on any atom is 0.337 e. The topological polar surface area (TPSA) is 92.4 Å². The van der Waals surface area contributed by atoms with Crippen molar-refractivity contribution in [2.24, 2.45) is 0 Å². The molecule has 0 saturated carbocycles. The first-order chi connectivity index (χ1) is 12.6. The van der Waals surface area contributed by atoms with Crippen LogP contribution in [0.25, 0.3) is 0 Å². The molecule has 3 rings (SSSR count). The number of nitrogens with two attached hydrogens (primary N) is 1. The maximum absolute atomic E-state index is 12.7. The van der Waals surface area contributed by atoms with Crippen molar-refractivity contribution < 1.29 is 14.7 Å². The molecule has 0 aliphatic heterocycles. The van der Waals surface area contributed by atoms with Gasteiger partial charge in [0.2, 0.25) is 0 Å². The Kier molecular flexibility index (Phi) is 4.99. The van der Waals surface area contributed by atoms with E-state index in [-0.39, 0.29) is 28.8 Å². The molecule has 0 aliphatic rings. The number of hydrogen-bond donors (Lipinski definition) is 3. The second kappa shape index (κ2) is 7.53. The predicted molar refractivity (Wildman–Crippen MR) is 100 cm³/mol. The summed E-state index contributed by atoms with van der Waals surface area (Å²) >= 11 is 0. The largest absolute Gasteiger partial charge is 0.478 e. The summed E-state index contributed by atoms with van der Waals surface area (Å²) in [6.45, 7) is 0. The Morgan fingerprint density at radius 3 is 1.88 bits per heavy atom. The molecular formula is C21H18N2O3. The van der Waals surface area contributed by atoms with Gasteiger partial charge in [-0.05, 0) is 29.3 Å². The molecule has 1 amide bonds. The Hall–Kier alpha value is -3.60.